The number of para-hydroxylation sites is 5. The van der Waals surface area contributed by atoms with Gasteiger partial charge in [0.2, 0.25) is 0 Å². The molecule has 12 heterocycles. The summed E-state index contributed by atoms with van der Waals surface area (Å²) in [7, 11) is 0. The van der Waals surface area contributed by atoms with Crippen LogP contribution in [0.4, 0.5) is 0 Å². The van der Waals surface area contributed by atoms with Gasteiger partial charge in [0.25, 0.3) is 0 Å². The van der Waals surface area contributed by atoms with Crippen molar-refractivity contribution in [3.05, 3.63) is 490 Å². The Kier molecular flexibility index (Phi) is 20.6. The highest BCUT2D eigenvalue weighted by Gasteiger charge is 2.38. The number of fused-ring (bicyclic) bond motifs is 25. The van der Waals surface area contributed by atoms with Gasteiger partial charge in [-0.3, -0.25) is 24.5 Å². The topological polar surface area (TPSA) is 102 Å². The van der Waals surface area contributed by atoms with Crippen LogP contribution in [0, 0.1) is 6.92 Å². The predicted molar refractivity (Wildman–Crippen MR) is 607 cm³/mol. The van der Waals surface area contributed by atoms with Crippen molar-refractivity contribution in [2.75, 3.05) is 0 Å². The van der Waals surface area contributed by atoms with Gasteiger partial charge in [0.05, 0.1) is 83.0 Å². The van der Waals surface area contributed by atoms with E-state index in [1.54, 1.807) is 6.26 Å². The zero-order valence-corrected chi connectivity index (χ0v) is 81.1. The molecule has 0 atom stereocenters. The first-order chi connectivity index (χ1) is 71.5. The van der Waals surface area contributed by atoms with Crippen LogP contribution in [0.15, 0.2) is 477 Å². The van der Waals surface area contributed by atoms with Crippen LogP contribution < -0.4 is 0 Å². The fourth-order valence-electron chi connectivity index (χ4n) is 22.9. The van der Waals surface area contributed by atoms with E-state index in [1.165, 1.54) is 169 Å². The Hall–Kier alpha value is -18.5. The molecule has 17 aromatic carbocycles. The number of thiophene rings is 1. The van der Waals surface area contributed by atoms with E-state index in [0.29, 0.717) is 0 Å². The van der Waals surface area contributed by atoms with Crippen LogP contribution in [0.5, 0.6) is 0 Å². The van der Waals surface area contributed by atoms with Crippen molar-refractivity contribution >= 4 is 179 Å². The molecule has 12 aromatic heterocycles. The first kappa shape index (κ1) is 85.7. The van der Waals surface area contributed by atoms with Crippen LogP contribution in [0.3, 0.4) is 0 Å². The van der Waals surface area contributed by atoms with Gasteiger partial charge < -0.3 is 22.7 Å². The van der Waals surface area contributed by atoms with Gasteiger partial charge in [0.1, 0.15) is 11.4 Å². The fraction of sp³-hybridized carbons (Fsp3) is 0.0451. The number of furan rings is 1. The number of pyridine rings is 5. The number of aromatic nitrogens is 10. The minimum atomic E-state index is -0.0573. The van der Waals surface area contributed by atoms with Gasteiger partial charge in [-0.15, -0.1) is 11.3 Å². The van der Waals surface area contributed by atoms with E-state index in [9.17, 15) is 0 Å². The standard InChI is InChI=1S/C42H28N2.C35H29N3.C30H20N2S.C26H15N3O/c1-4-15-30(16-5-1)39-40-38(27-26-36-35-22-12-13-23-37(35)43(42(36)40)33-20-8-3-9-21-33)44(41(39)31-17-6-2-7-18-31)34-25-24-29-14-10-11-19-32(29)28-34;1-22-23(2)35(3,4)33-29(22)13-14-31-30-11-5-6-12-32(30)38(34(31)33)28-18-26(24-9-7-15-36-20-24)17-27(19-28)25-10-8-16-37-21-25;1-19-18-33-30-23(19)13-14-26-25-11-4-5-12-27(25)32(29(26)30)22-9-6-8-21(17-22)28-24-10-3-2-7-20(24)15-16-31-28;1-2-6-21-18(5-1)19-10-11-22-20(13-15-30-22)26(19)29(21)23-12-9-17-8-7-16-4-3-14-27-24(16)25(17)28-23/h1-28H;5-21H,1-4H3;2-18H,1H3;1-15H. The Bertz CT molecular complexity index is 10200. The summed E-state index contributed by atoms with van der Waals surface area (Å²) in [6.45, 7) is 11.5. The second-order valence-electron chi connectivity index (χ2n) is 38.3. The molecule has 0 bridgehead atoms. The van der Waals surface area contributed by atoms with Gasteiger partial charge in [-0.05, 0) is 232 Å². The van der Waals surface area contributed by atoms with E-state index >= 15 is 0 Å². The van der Waals surface area contributed by atoms with Crippen molar-refractivity contribution < 1.29 is 4.42 Å². The van der Waals surface area contributed by atoms with Crippen LogP contribution in [0.25, 0.3) is 253 Å². The lowest BCUT2D eigenvalue weighted by atomic mass is 9.81. The second kappa shape index (κ2) is 34.8. The molecule has 1 aliphatic rings. The SMILES string of the molecule is CC1=C(C)C(C)(C)c2c1ccc1c3ccccc3n(-c3cc(-c4cccnc4)cc(-c4cccnc4)c3)c21.Cc1csc2c1ccc1c3ccccc3n(-c3cccc(-c4nccc5ccccc45)c3)c12.c1ccc(-c2c(-c3ccccc3)n(-c3ccc4ccccc4c3)c3ccc4c5ccccc5n(-c5ccccc5)c4c23)cc1.c1cnc2c(c1)ccc1ccc(-n3c4ccccc4c4ccc5occc5c43)nc12. The monoisotopic (exact) mass is 1880 g/mol. The van der Waals surface area contributed by atoms with Crippen LogP contribution in [0.2, 0.25) is 0 Å². The molecule has 0 fully saturated rings. The van der Waals surface area contributed by atoms with E-state index in [-0.39, 0.29) is 5.41 Å². The molecule has 686 valence electrons. The van der Waals surface area contributed by atoms with Crippen LogP contribution in [0.1, 0.15) is 44.4 Å². The molecule has 29 aromatic rings. The van der Waals surface area contributed by atoms with Crippen LogP contribution >= 0.6 is 11.3 Å². The first-order valence-electron chi connectivity index (χ1n) is 49.4. The molecule has 145 heavy (non-hydrogen) atoms. The Balaban J connectivity index is 0.0000000969. The second-order valence-corrected chi connectivity index (χ2v) is 39.2. The summed E-state index contributed by atoms with van der Waals surface area (Å²) >= 11 is 1.84. The Morgan fingerprint density at radius 1 is 0.297 bits per heavy atom. The summed E-state index contributed by atoms with van der Waals surface area (Å²) in [5, 5.41) is 23.0. The minimum Gasteiger partial charge on any atom is -0.464 e. The minimum absolute atomic E-state index is 0.0573. The summed E-state index contributed by atoms with van der Waals surface area (Å²) in [5.74, 6) is 0.876. The number of nitrogens with zero attached hydrogens (tertiary/aromatic N) is 10. The molecule has 0 aliphatic heterocycles. The molecule has 12 heteroatoms. The van der Waals surface area contributed by atoms with Gasteiger partial charge >= 0.3 is 0 Å². The van der Waals surface area contributed by atoms with Gasteiger partial charge in [-0.1, -0.05) is 298 Å². The third kappa shape index (κ3) is 14.1. The Morgan fingerprint density at radius 3 is 1.50 bits per heavy atom. The maximum atomic E-state index is 5.70. The summed E-state index contributed by atoms with van der Waals surface area (Å²) < 4.78 is 19.1. The summed E-state index contributed by atoms with van der Waals surface area (Å²) in [6, 6.07) is 150. The van der Waals surface area contributed by atoms with Crippen molar-refractivity contribution in [3.63, 3.8) is 0 Å². The third-order valence-corrected chi connectivity index (χ3v) is 31.1. The number of hydrogen-bond acceptors (Lipinski definition) is 7. The van der Waals surface area contributed by atoms with Gasteiger partial charge in [-0.2, -0.15) is 0 Å². The van der Waals surface area contributed by atoms with Crippen molar-refractivity contribution in [3.8, 4) is 84.5 Å². The van der Waals surface area contributed by atoms with E-state index in [2.05, 4.69) is 466 Å². The number of allylic oxidation sites excluding steroid dienone is 2. The van der Waals surface area contributed by atoms with Crippen molar-refractivity contribution in [2.45, 2.75) is 40.0 Å². The largest absolute Gasteiger partial charge is 0.464 e. The number of benzene rings is 17. The Morgan fingerprint density at radius 2 is 0.807 bits per heavy atom. The lowest BCUT2D eigenvalue weighted by Crippen LogP contribution is -2.17. The van der Waals surface area contributed by atoms with E-state index in [4.69, 9.17) is 14.4 Å². The van der Waals surface area contributed by atoms with Gasteiger partial charge in [-0.25, -0.2) is 4.98 Å². The molecular weight excluding hydrogens is 1790 g/mol. The highest BCUT2D eigenvalue weighted by Crippen LogP contribution is 2.54. The molecule has 0 saturated heterocycles. The summed E-state index contributed by atoms with van der Waals surface area (Å²) in [5.41, 5.74) is 36.5. The molecule has 30 rings (SSSR count). The van der Waals surface area contributed by atoms with Crippen molar-refractivity contribution in [1.29, 1.82) is 0 Å². The zero-order valence-electron chi connectivity index (χ0n) is 80.2. The van der Waals surface area contributed by atoms with E-state index < -0.39 is 0 Å². The average Bonchev–Trinajstić information content (AvgIpc) is 1.54. The highest BCUT2D eigenvalue weighted by atomic mass is 32.1. The molecule has 1 aliphatic carbocycles. The maximum Gasteiger partial charge on any atom is 0.138 e. The third-order valence-electron chi connectivity index (χ3n) is 29.9. The molecule has 0 spiro atoms. The van der Waals surface area contributed by atoms with Crippen molar-refractivity contribution in [2.24, 2.45) is 0 Å². The van der Waals surface area contributed by atoms with Gasteiger partial charge in [0.15, 0.2) is 0 Å². The Labute approximate surface area is 839 Å². The highest BCUT2D eigenvalue weighted by molar-refractivity contribution is 7.18. The maximum absolute atomic E-state index is 5.70. The lowest BCUT2D eigenvalue weighted by molar-refractivity contribution is 0.616. The van der Waals surface area contributed by atoms with E-state index in [1.807, 2.05) is 78.8 Å². The molecule has 0 amide bonds. The lowest BCUT2D eigenvalue weighted by Gasteiger charge is -2.25. The number of aryl methyl sites for hydroxylation is 1. The molecule has 0 radical (unpaired) electrons. The summed E-state index contributed by atoms with van der Waals surface area (Å²) in [4.78, 5) is 23.3. The van der Waals surface area contributed by atoms with Crippen molar-refractivity contribution in [1.82, 2.24) is 47.8 Å². The fourth-order valence-corrected chi connectivity index (χ4v) is 24.0. The molecule has 0 unspecified atom stereocenters. The predicted octanol–water partition coefficient (Wildman–Crippen LogP) is 35.4. The molecule has 0 N–H and O–H groups in total. The smallest absolute Gasteiger partial charge is 0.138 e. The van der Waals surface area contributed by atoms with E-state index in [0.717, 1.165) is 106 Å². The number of hydrogen-bond donors (Lipinski definition) is 0. The van der Waals surface area contributed by atoms with Crippen LogP contribution in [-0.2, 0) is 5.41 Å². The molecule has 0 saturated carbocycles. The number of rotatable bonds is 10. The first-order valence-corrected chi connectivity index (χ1v) is 50.2. The zero-order chi connectivity index (χ0) is 96.7. The van der Waals surface area contributed by atoms with Gasteiger partial charge in [0, 0.05) is 158 Å². The summed E-state index contributed by atoms with van der Waals surface area (Å²) in [6.07, 6.45) is 13.0. The quantitative estimate of drug-likeness (QED) is 0.126. The molecular formula is C133H92N10OS. The normalized spacial score (nSPS) is 12.5. The molecule has 11 nitrogen and oxygen atoms in total. The van der Waals surface area contributed by atoms with Crippen LogP contribution in [-0.4, -0.2) is 47.8 Å². The average molecular weight is 1880 g/mol.